The van der Waals surface area contributed by atoms with E-state index in [1.54, 1.807) is 18.2 Å². The number of furan rings is 1. The van der Waals surface area contributed by atoms with E-state index in [1.165, 1.54) is 59.2 Å². The van der Waals surface area contributed by atoms with Crippen LogP contribution >= 0.6 is 0 Å². The number of fused-ring (bicyclic) bond motifs is 5. The van der Waals surface area contributed by atoms with Crippen LogP contribution in [0.5, 0.6) is 5.75 Å². The molecule has 1 aromatic heterocycles. The number of rotatable bonds is 8. The first-order valence-electron chi connectivity index (χ1n) is 14.5. The number of esters is 2. The van der Waals surface area contributed by atoms with Crippen molar-refractivity contribution in [3.05, 3.63) is 120 Å². The average molecular weight is 590 g/mol. The predicted molar refractivity (Wildman–Crippen MR) is 156 cm³/mol. The lowest BCUT2D eigenvalue weighted by molar-refractivity contribution is -0.123. The van der Waals surface area contributed by atoms with Gasteiger partial charge >= 0.3 is 11.9 Å². The second-order valence-corrected chi connectivity index (χ2v) is 11.4. The maximum atomic E-state index is 13.7. The number of carbonyl (C=O) groups is 5. The smallest absolute Gasteiger partial charge is 0.379 e. The number of hydrogen-bond acceptors (Lipinski definition) is 8. The van der Waals surface area contributed by atoms with Gasteiger partial charge in [-0.3, -0.25) is 19.3 Å². The zero-order chi connectivity index (χ0) is 30.4. The Balaban J connectivity index is 0.991. The highest BCUT2D eigenvalue weighted by Gasteiger charge is 2.64. The van der Waals surface area contributed by atoms with E-state index in [-0.39, 0.29) is 64.0 Å². The molecule has 0 radical (unpaired) electrons. The van der Waals surface area contributed by atoms with Crippen LogP contribution in [0.2, 0.25) is 0 Å². The number of nitrogens with zero attached hydrogens (tertiary/aromatic N) is 1. The molecule has 3 aliphatic rings. The van der Waals surface area contributed by atoms with Crippen molar-refractivity contribution in [3.63, 3.8) is 0 Å². The van der Waals surface area contributed by atoms with Crippen molar-refractivity contribution in [1.82, 2.24) is 0 Å². The third-order valence-corrected chi connectivity index (χ3v) is 9.03. The topological polar surface area (TPSA) is 120 Å². The quantitative estimate of drug-likeness (QED) is 0.115. The van der Waals surface area contributed by atoms with Crippen LogP contribution in [0.25, 0.3) is 0 Å². The Morgan fingerprint density at radius 3 is 2.30 bits per heavy atom. The van der Waals surface area contributed by atoms with Crippen LogP contribution in [-0.4, -0.2) is 36.1 Å². The molecule has 3 aromatic carbocycles. The number of carbonyl (C=O) groups excluding carboxylic acids is 5. The molecule has 1 aliphatic heterocycles. The second-order valence-electron chi connectivity index (χ2n) is 11.4. The van der Waals surface area contributed by atoms with Gasteiger partial charge in [0.05, 0.1) is 29.3 Å². The largest absolute Gasteiger partial charge is 0.457 e. The summed E-state index contributed by atoms with van der Waals surface area (Å²) in [5, 5.41) is 0. The molecule has 4 aromatic rings. The fourth-order valence-electron chi connectivity index (χ4n) is 7.13. The molecule has 0 spiro atoms. The molecule has 3 fully saturated rings. The standard InChI is InChI=1S/C35H27NO8/c37-28(21-11-13-25(14-12-21)44-35(41)29-10-5-15-42-29)19-43-34(40)22-8-4-9-24(16-22)36-32(38)30-23-17-26(20-6-2-1-3-7-20)27(18-23)31(30)33(36)39/h1-16,23,26-27,30-31H,17-19H2/t23-,26+,27+,30-,31-/m1/s1. The number of ketones is 1. The van der Waals surface area contributed by atoms with Crippen LogP contribution < -0.4 is 9.64 Å². The van der Waals surface area contributed by atoms with Gasteiger partial charge in [0.25, 0.3) is 0 Å². The summed E-state index contributed by atoms with van der Waals surface area (Å²) in [6.07, 6.45) is 3.12. The molecule has 220 valence electrons. The average Bonchev–Trinajstić information content (AvgIpc) is 3.85. The number of amides is 2. The van der Waals surface area contributed by atoms with Gasteiger partial charge in [-0.1, -0.05) is 36.4 Å². The maximum absolute atomic E-state index is 13.7. The van der Waals surface area contributed by atoms with E-state index in [4.69, 9.17) is 13.9 Å². The molecule has 44 heavy (non-hydrogen) atoms. The summed E-state index contributed by atoms with van der Waals surface area (Å²) in [7, 11) is 0. The van der Waals surface area contributed by atoms with Crippen LogP contribution in [0.3, 0.4) is 0 Å². The normalized spacial score (nSPS) is 23.5. The number of hydrogen-bond donors (Lipinski definition) is 0. The summed E-state index contributed by atoms with van der Waals surface area (Å²) >= 11 is 0. The number of benzene rings is 3. The first-order chi connectivity index (χ1) is 21.4. The van der Waals surface area contributed by atoms with Crippen LogP contribution in [-0.2, 0) is 14.3 Å². The minimum absolute atomic E-state index is 0.0475. The number of ether oxygens (including phenoxy) is 2. The molecule has 9 heteroatoms. The van der Waals surface area contributed by atoms with Gasteiger partial charge in [0.1, 0.15) is 5.75 Å². The van der Waals surface area contributed by atoms with Crippen LogP contribution in [0.4, 0.5) is 5.69 Å². The Bertz CT molecular complexity index is 1760. The van der Waals surface area contributed by atoms with Crippen LogP contribution in [0.1, 0.15) is 55.6 Å². The lowest BCUT2D eigenvalue weighted by atomic mass is 9.73. The third-order valence-electron chi connectivity index (χ3n) is 9.03. The van der Waals surface area contributed by atoms with E-state index in [2.05, 4.69) is 12.1 Å². The molecule has 9 nitrogen and oxygen atoms in total. The zero-order valence-corrected chi connectivity index (χ0v) is 23.5. The molecule has 0 unspecified atom stereocenters. The van der Waals surface area contributed by atoms with Crippen molar-refractivity contribution in [2.75, 3.05) is 11.5 Å². The number of anilines is 1. The maximum Gasteiger partial charge on any atom is 0.379 e. The SMILES string of the molecule is O=C(COC(=O)c1cccc(N2C(=O)[C@@H]3[C@H]4C[C@H]([C@H]3C2=O)[C@H](c2ccccc2)C4)c1)c1ccc(OC(=O)c2ccco2)cc1. The van der Waals surface area contributed by atoms with Crippen molar-refractivity contribution in [2.24, 2.45) is 23.7 Å². The molecule has 5 atom stereocenters. The van der Waals surface area contributed by atoms with Gasteiger partial charge in [-0.05, 0) is 90.8 Å². The van der Waals surface area contributed by atoms with Crippen LogP contribution in [0.15, 0.2) is 102 Å². The van der Waals surface area contributed by atoms with Gasteiger partial charge < -0.3 is 13.9 Å². The first-order valence-corrected chi connectivity index (χ1v) is 14.5. The Morgan fingerprint density at radius 2 is 1.55 bits per heavy atom. The summed E-state index contributed by atoms with van der Waals surface area (Å²) in [6, 6.07) is 25.2. The van der Waals surface area contributed by atoms with Crippen LogP contribution in [0, 0.1) is 23.7 Å². The molecule has 2 amide bonds. The summed E-state index contributed by atoms with van der Waals surface area (Å²) in [5.74, 6) is -2.21. The highest BCUT2D eigenvalue weighted by atomic mass is 16.5. The number of imide groups is 1. The third kappa shape index (κ3) is 4.80. The lowest BCUT2D eigenvalue weighted by Crippen LogP contribution is -2.33. The molecule has 2 saturated carbocycles. The van der Waals surface area contributed by atoms with Gasteiger partial charge in [-0.2, -0.15) is 0 Å². The highest BCUT2D eigenvalue weighted by molar-refractivity contribution is 6.23. The molecule has 2 aliphatic carbocycles. The molecular formula is C35H27NO8. The van der Waals surface area contributed by atoms with E-state index in [0.29, 0.717) is 5.69 Å². The van der Waals surface area contributed by atoms with Crippen molar-refractivity contribution >= 4 is 35.2 Å². The van der Waals surface area contributed by atoms with E-state index in [0.717, 1.165) is 12.8 Å². The fourth-order valence-corrected chi connectivity index (χ4v) is 7.13. The number of Topliss-reactive ketones (excluding diaryl/α,β-unsaturated/α-hetero) is 1. The summed E-state index contributed by atoms with van der Waals surface area (Å²) < 4.78 is 15.5. The van der Waals surface area contributed by atoms with Gasteiger partial charge in [0.2, 0.25) is 17.6 Å². The summed E-state index contributed by atoms with van der Waals surface area (Å²) in [6.45, 7) is -0.523. The summed E-state index contributed by atoms with van der Waals surface area (Å²) in [4.78, 5) is 66.0. The molecule has 0 N–H and O–H groups in total. The fraction of sp³-hybridized carbons (Fsp3) is 0.229. The first kappa shape index (κ1) is 27.5. The van der Waals surface area contributed by atoms with Gasteiger partial charge in [-0.15, -0.1) is 0 Å². The molecule has 2 bridgehead atoms. The molecule has 2 heterocycles. The lowest BCUT2D eigenvalue weighted by Gasteiger charge is -2.28. The van der Waals surface area contributed by atoms with Crippen molar-refractivity contribution in [2.45, 2.75) is 18.8 Å². The molecule has 1 saturated heterocycles. The molecular weight excluding hydrogens is 562 g/mol. The minimum atomic E-state index is -0.757. The van der Waals surface area contributed by atoms with Gasteiger partial charge in [0.15, 0.2) is 12.4 Å². The van der Waals surface area contributed by atoms with E-state index in [1.807, 2.05) is 18.2 Å². The van der Waals surface area contributed by atoms with Gasteiger partial charge in [-0.25, -0.2) is 9.59 Å². The molecule has 7 rings (SSSR count). The van der Waals surface area contributed by atoms with Crippen molar-refractivity contribution < 1.29 is 37.9 Å². The Kier molecular flexibility index (Phi) is 6.93. The second kappa shape index (κ2) is 11.1. The zero-order valence-electron chi connectivity index (χ0n) is 23.5. The Hall–Kier alpha value is -5.31. The monoisotopic (exact) mass is 589 g/mol. The van der Waals surface area contributed by atoms with Gasteiger partial charge in [0, 0.05) is 5.56 Å². The minimum Gasteiger partial charge on any atom is -0.457 e. The Morgan fingerprint density at radius 1 is 0.773 bits per heavy atom. The van der Waals surface area contributed by atoms with Crippen molar-refractivity contribution in [3.8, 4) is 5.75 Å². The van der Waals surface area contributed by atoms with E-state index >= 15 is 0 Å². The van der Waals surface area contributed by atoms with E-state index < -0.39 is 24.3 Å². The van der Waals surface area contributed by atoms with E-state index in [9.17, 15) is 24.0 Å². The summed E-state index contributed by atoms with van der Waals surface area (Å²) in [5.41, 5.74) is 1.91. The van der Waals surface area contributed by atoms with Crippen molar-refractivity contribution in [1.29, 1.82) is 0 Å². The highest BCUT2D eigenvalue weighted by Crippen LogP contribution is 2.61. The Labute approximate surface area is 252 Å². The predicted octanol–water partition coefficient (Wildman–Crippen LogP) is 5.47.